The maximum atomic E-state index is 6.12. The van der Waals surface area contributed by atoms with Crippen LogP contribution in [0, 0.1) is 0 Å². The molecule has 0 amide bonds. The van der Waals surface area contributed by atoms with Crippen LogP contribution < -0.4 is 14.8 Å². The highest BCUT2D eigenvalue weighted by Gasteiger charge is 2.34. The molecule has 25 heavy (non-hydrogen) atoms. The molecular formula is C21H26N2O2. The lowest BCUT2D eigenvalue weighted by Gasteiger charge is -2.29. The molecule has 0 saturated carbocycles. The van der Waals surface area contributed by atoms with Crippen LogP contribution in [-0.2, 0) is 0 Å². The third-order valence-corrected chi connectivity index (χ3v) is 5.01. The molecule has 1 aromatic heterocycles. The molecule has 2 aliphatic rings. The van der Waals surface area contributed by atoms with Crippen LogP contribution in [0.3, 0.4) is 0 Å². The zero-order valence-electron chi connectivity index (χ0n) is 14.9. The molecule has 2 aromatic rings. The summed E-state index contributed by atoms with van der Waals surface area (Å²) in [5.74, 6) is 1.63. The third-order valence-electron chi connectivity index (χ3n) is 5.01. The minimum atomic E-state index is 0.189. The van der Waals surface area contributed by atoms with Gasteiger partial charge in [0.2, 0.25) is 5.88 Å². The summed E-state index contributed by atoms with van der Waals surface area (Å²) in [6.45, 7) is 4.06. The summed E-state index contributed by atoms with van der Waals surface area (Å²) in [6.07, 6.45) is 7.14. The predicted molar refractivity (Wildman–Crippen MR) is 99.0 cm³/mol. The van der Waals surface area contributed by atoms with Gasteiger partial charge < -0.3 is 14.8 Å². The lowest BCUT2D eigenvalue weighted by molar-refractivity contribution is 0.132. The number of rotatable bonds is 5. The molecule has 2 bridgehead atoms. The molecule has 132 valence electrons. The third kappa shape index (κ3) is 3.96. The number of pyridine rings is 1. The number of aromatic nitrogens is 1. The second-order valence-corrected chi connectivity index (χ2v) is 7.43. The van der Waals surface area contributed by atoms with Gasteiger partial charge in [0.25, 0.3) is 0 Å². The van der Waals surface area contributed by atoms with Crippen molar-refractivity contribution in [3.63, 3.8) is 0 Å². The number of ether oxygens (including phenoxy) is 2. The van der Waals surface area contributed by atoms with Crippen LogP contribution in [-0.4, -0.2) is 29.3 Å². The minimum absolute atomic E-state index is 0.189. The van der Waals surface area contributed by atoms with E-state index in [1.807, 2.05) is 38.2 Å². The van der Waals surface area contributed by atoms with E-state index in [0.717, 1.165) is 35.6 Å². The SMILES string of the molecule is CC(C)Oc1ccc(-c2ccc(OC3CC4CCC(C3)N4)nc2)cc1. The molecule has 4 nitrogen and oxygen atoms in total. The van der Waals surface area contributed by atoms with E-state index in [1.165, 1.54) is 12.8 Å². The fraction of sp³-hybridized carbons (Fsp3) is 0.476. The molecule has 2 aliphatic heterocycles. The van der Waals surface area contributed by atoms with Gasteiger partial charge in [-0.2, -0.15) is 0 Å². The first kappa shape index (κ1) is 16.4. The molecular weight excluding hydrogens is 312 g/mol. The average Bonchev–Trinajstić information content (AvgIpc) is 2.94. The molecule has 4 heteroatoms. The Morgan fingerprint density at radius 2 is 1.64 bits per heavy atom. The van der Waals surface area contributed by atoms with Crippen molar-refractivity contribution in [2.45, 2.75) is 63.8 Å². The van der Waals surface area contributed by atoms with Gasteiger partial charge >= 0.3 is 0 Å². The van der Waals surface area contributed by atoms with E-state index in [4.69, 9.17) is 9.47 Å². The van der Waals surface area contributed by atoms with E-state index in [-0.39, 0.29) is 6.10 Å². The highest BCUT2D eigenvalue weighted by molar-refractivity contribution is 5.63. The van der Waals surface area contributed by atoms with Crippen LogP contribution in [0.1, 0.15) is 39.5 Å². The summed E-state index contributed by atoms with van der Waals surface area (Å²) in [7, 11) is 0. The molecule has 4 rings (SSSR count). The number of hydrogen-bond donors (Lipinski definition) is 1. The van der Waals surface area contributed by atoms with Crippen LogP contribution in [0.4, 0.5) is 0 Å². The number of nitrogens with one attached hydrogen (secondary N) is 1. The Hall–Kier alpha value is -2.07. The molecule has 2 unspecified atom stereocenters. The summed E-state index contributed by atoms with van der Waals surface area (Å²) in [4.78, 5) is 4.52. The number of benzene rings is 1. The quantitative estimate of drug-likeness (QED) is 0.887. The number of fused-ring (bicyclic) bond motifs is 2. The monoisotopic (exact) mass is 338 g/mol. The number of nitrogens with zero attached hydrogens (tertiary/aromatic N) is 1. The fourth-order valence-electron chi connectivity index (χ4n) is 3.89. The number of hydrogen-bond acceptors (Lipinski definition) is 4. The van der Waals surface area contributed by atoms with Gasteiger partial charge in [0.15, 0.2) is 0 Å². The van der Waals surface area contributed by atoms with Crippen LogP contribution >= 0.6 is 0 Å². The largest absolute Gasteiger partial charge is 0.491 e. The summed E-state index contributed by atoms with van der Waals surface area (Å²) >= 11 is 0. The maximum Gasteiger partial charge on any atom is 0.213 e. The lowest BCUT2D eigenvalue weighted by atomic mass is 10.0. The van der Waals surface area contributed by atoms with Crippen LogP contribution in [0.2, 0.25) is 0 Å². The van der Waals surface area contributed by atoms with Crippen molar-refractivity contribution >= 4 is 0 Å². The van der Waals surface area contributed by atoms with E-state index < -0.39 is 0 Å². The van der Waals surface area contributed by atoms with Gasteiger partial charge in [-0.1, -0.05) is 12.1 Å². The van der Waals surface area contributed by atoms with Crippen molar-refractivity contribution in [3.05, 3.63) is 42.6 Å². The van der Waals surface area contributed by atoms with Crippen molar-refractivity contribution in [1.82, 2.24) is 10.3 Å². The molecule has 0 spiro atoms. The van der Waals surface area contributed by atoms with Gasteiger partial charge in [0.1, 0.15) is 11.9 Å². The summed E-state index contributed by atoms with van der Waals surface area (Å²) in [6, 6.07) is 13.5. The summed E-state index contributed by atoms with van der Waals surface area (Å²) in [5.41, 5.74) is 2.23. The van der Waals surface area contributed by atoms with Crippen LogP contribution in [0.25, 0.3) is 11.1 Å². The smallest absolute Gasteiger partial charge is 0.213 e. The Morgan fingerprint density at radius 3 is 2.24 bits per heavy atom. The molecule has 0 aliphatic carbocycles. The Bertz CT molecular complexity index is 685. The Morgan fingerprint density at radius 1 is 0.960 bits per heavy atom. The highest BCUT2D eigenvalue weighted by Crippen LogP contribution is 2.30. The van der Waals surface area contributed by atoms with Crippen molar-refractivity contribution < 1.29 is 9.47 Å². The lowest BCUT2D eigenvalue weighted by Crippen LogP contribution is -2.42. The maximum absolute atomic E-state index is 6.12. The van der Waals surface area contributed by atoms with E-state index in [0.29, 0.717) is 18.2 Å². The van der Waals surface area contributed by atoms with E-state index in [9.17, 15) is 0 Å². The summed E-state index contributed by atoms with van der Waals surface area (Å²) in [5, 5.41) is 3.64. The van der Waals surface area contributed by atoms with Crippen molar-refractivity contribution in [1.29, 1.82) is 0 Å². The van der Waals surface area contributed by atoms with E-state index in [1.54, 1.807) is 0 Å². The van der Waals surface area contributed by atoms with Gasteiger partial charge in [0.05, 0.1) is 6.10 Å². The second-order valence-electron chi connectivity index (χ2n) is 7.43. The average molecular weight is 338 g/mol. The second kappa shape index (κ2) is 7.04. The zero-order valence-corrected chi connectivity index (χ0v) is 14.9. The molecule has 1 aromatic carbocycles. The molecule has 2 saturated heterocycles. The summed E-state index contributed by atoms with van der Waals surface area (Å²) < 4.78 is 11.8. The van der Waals surface area contributed by atoms with Gasteiger partial charge in [0, 0.05) is 29.9 Å². The van der Waals surface area contributed by atoms with Crippen molar-refractivity contribution in [2.24, 2.45) is 0 Å². The topological polar surface area (TPSA) is 43.4 Å². The Balaban J connectivity index is 1.39. The van der Waals surface area contributed by atoms with Gasteiger partial charge in [-0.25, -0.2) is 4.98 Å². The highest BCUT2D eigenvalue weighted by atomic mass is 16.5. The van der Waals surface area contributed by atoms with Crippen LogP contribution in [0.15, 0.2) is 42.6 Å². The Labute approximate surface area is 149 Å². The van der Waals surface area contributed by atoms with Crippen molar-refractivity contribution in [3.8, 4) is 22.8 Å². The minimum Gasteiger partial charge on any atom is -0.491 e. The standard InChI is InChI=1S/C21H26N2O2/c1-14(2)24-19-8-3-15(4-9-19)16-5-10-21(22-13-16)25-20-11-17-6-7-18(12-20)23-17/h3-5,8-10,13-14,17-18,20,23H,6-7,11-12H2,1-2H3. The first-order chi connectivity index (χ1) is 12.2. The van der Waals surface area contributed by atoms with E-state index >= 15 is 0 Å². The van der Waals surface area contributed by atoms with Crippen molar-refractivity contribution in [2.75, 3.05) is 0 Å². The normalized spacial score (nSPS) is 25.2. The first-order valence-electron chi connectivity index (χ1n) is 9.31. The molecule has 0 radical (unpaired) electrons. The Kier molecular flexibility index (Phi) is 4.62. The van der Waals surface area contributed by atoms with E-state index in [2.05, 4.69) is 28.5 Å². The first-order valence-corrected chi connectivity index (χ1v) is 9.31. The number of piperidine rings is 1. The molecule has 2 atom stereocenters. The van der Waals surface area contributed by atoms with Gasteiger partial charge in [-0.15, -0.1) is 0 Å². The molecule has 3 heterocycles. The van der Waals surface area contributed by atoms with Gasteiger partial charge in [-0.05, 0) is 63.3 Å². The fourth-order valence-corrected chi connectivity index (χ4v) is 3.89. The molecule has 1 N–H and O–H groups in total. The van der Waals surface area contributed by atoms with Crippen LogP contribution in [0.5, 0.6) is 11.6 Å². The van der Waals surface area contributed by atoms with Gasteiger partial charge in [-0.3, -0.25) is 0 Å². The molecule has 2 fully saturated rings. The predicted octanol–water partition coefficient (Wildman–Crippen LogP) is 4.20. The zero-order chi connectivity index (χ0) is 17.2.